The molecule has 1 aliphatic rings. The number of urea groups is 1. The van der Waals surface area contributed by atoms with Crippen LogP contribution in [0, 0.1) is 0 Å². The zero-order valence-corrected chi connectivity index (χ0v) is 13.0. The molecule has 0 saturated carbocycles. The fraction of sp³-hybridized carbons (Fsp3) is 0.562. The van der Waals surface area contributed by atoms with Crippen molar-refractivity contribution in [2.75, 3.05) is 31.5 Å². The van der Waals surface area contributed by atoms with Crippen LogP contribution < -0.4 is 10.6 Å². The number of hydrogen-bond donors (Lipinski definition) is 2. The van der Waals surface area contributed by atoms with E-state index in [0.717, 1.165) is 19.6 Å². The highest BCUT2D eigenvalue weighted by Gasteiger charge is 2.28. The second-order valence-corrected chi connectivity index (χ2v) is 5.73. The van der Waals surface area contributed by atoms with Crippen molar-refractivity contribution in [2.24, 2.45) is 0 Å². The van der Waals surface area contributed by atoms with Crippen LogP contribution in [0.3, 0.4) is 0 Å². The van der Waals surface area contributed by atoms with Crippen molar-refractivity contribution in [3.05, 3.63) is 29.8 Å². The number of nitrogens with zero attached hydrogens (tertiary/aromatic N) is 1. The molecule has 1 aliphatic heterocycles. The van der Waals surface area contributed by atoms with Gasteiger partial charge in [0.05, 0.1) is 6.42 Å². The van der Waals surface area contributed by atoms with Gasteiger partial charge in [0, 0.05) is 18.8 Å². The lowest BCUT2D eigenvalue weighted by atomic mass is 10.1. The SMILES string of the molecule is O=C(NCCN1CCCCC1)Nc1ccccc1CC(F)(F)F. The minimum absolute atomic E-state index is 0.0613. The van der Waals surface area contributed by atoms with Crippen molar-refractivity contribution in [1.82, 2.24) is 10.2 Å². The largest absolute Gasteiger partial charge is 0.393 e. The van der Waals surface area contributed by atoms with Gasteiger partial charge in [0.15, 0.2) is 0 Å². The van der Waals surface area contributed by atoms with Crippen molar-refractivity contribution < 1.29 is 18.0 Å². The highest BCUT2D eigenvalue weighted by Crippen LogP contribution is 2.25. The average molecular weight is 329 g/mol. The van der Waals surface area contributed by atoms with Crippen LogP contribution in [0.25, 0.3) is 0 Å². The Labute approximate surface area is 134 Å². The molecule has 1 heterocycles. The van der Waals surface area contributed by atoms with Gasteiger partial charge in [0.2, 0.25) is 0 Å². The summed E-state index contributed by atoms with van der Waals surface area (Å²) in [4.78, 5) is 14.1. The lowest BCUT2D eigenvalue weighted by molar-refractivity contribution is -0.127. The van der Waals surface area contributed by atoms with Crippen LogP contribution >= 0.6 is 0 Å². The molecule has 23 heavy (non-hydrogen) atoms. The molecule has 1 aromatic rings. The quantitative estimate of drug-likeness (QED) is 0.870. The van der Waals surface area contributed by atoms with Crippen molar-refractivity contribution in [1.29, 1.82) is 0 Å². The summed E-state index contributed by atoms with van der Waals surface area (Å²) >= 11 is 0. The molecule has 7 heteroatoms. The van der Waals surface area contributed by atoms with Crippen molar-refractivity contribution in [2.45, 2.75) is 31.9 Å². The summed E-state index contributed by atoms with van der Waals surface area (Å²) in [6.45, 7) is 3.32. The Morgan fingerprint density at radius 1 is 1.13 bits per heavy atom. The van der Waals surface area contributed by atoms with E-state index in [-0.39, 0.29) is 11.3 Å². The molecule has 0 aliphatic carbocycles. The predicted molar refractivity (Wildman–Crippen MR) is 83.5 cm³/mol. The number of likely N-dealkylation sites (tertiary alicyclic amines) is 1. The molecule has 4 nitrogen and oxygen atoms in total. The van der Waals surface area contributed by atoms with Gasteiger partial charge in [-0.15, -0.1) is 0 Å². The third kappa shape index (κ3) is 6.48. The molecule has 0 spiro atoms. The topological polar surface area (TPSA) is 44.4 Å². The van der Waals surface area contributed by atoms with Gasteiger partial charge in [-0.1, -0.05) is 24.6 Å². The number of benzene rings is 1. The van der Waals surface area contributed by atoms with Crippen LogP contribution in [0.5, 0.6) is 0 Å². The number of rotatable bonds is 5. The van der Waals surface area contributed by atoms with Crippen LogP contribution in [0.1, 0.15) is 24.8 Å². The summed E-state index contributed by atoms with van der Waals surface area (Å²) in [7, 11) is 0. The van der Waals surface area contributed by atoms with Gasteiger partial charge in [-0.25, -0.2) is 4.79 Å². The van der Waals surface area contributed by atoms with Gasteiger partial charge in [-0.3, -0.25) is 0 Å². The number of amides is 2. The van der Waals surface area contributed by atoms with Gasteiger partial charge < -0.3 is 15.5 Å². The molecule has 0 atom stereocenters. The van der Waals surface area contributed by atoms with Gasteiger partial charge in [0.1, 0.15) is 0 Å². The first-order valence-electron chi connectivity index (χ1n) is 7.86. The second-order valence-electron chi connectivity index (χ2n) is 5.73. The standard InChI is InChI=1S/C16H22F3N3O/c17-16(18,19)12-13-6-2-3-7-14(13)21-15(23)20-8-11-22-9-4-1-5-10-22/h2-3,6-7H,1,4-5,8-12H2,(H2,20,21,23). The van der Waals surface area contributed by atoms with E-state index < -0.39 is 18.6 Å². The number of halogens is 3. The van der Waals surface area contributed by atoms with Gasteiger partial charge in [-0.05, 0) is 37.6 Å². The Morgan fingerprint density at radius 3 is 2.52 bits per heavy atom. The normalized spacial score (nSPS) is 16.1. The molecule has 1 saturated heterocycles. The molecule has 0 radical (unpaired) electrons. The summed E-state index contributed by atoms with van der Waals surface area (Å²) < 4.78 is 37.6. The van der Waals surface area contributed by atoms with Crippen molar-refractivity contribution in [3.63, 3.8) is 0 Å². The van der Waals surface area contributed by atoms with Crippen LogP contribution in [-0.2, 0) is 6.42 Å². The fourth-order valence-electron chi connectivity index (χ4n) is 2.69. The third-order valence-corrected chi connectivity index (χ3v) is 3.82. The predicted octanol–water partition coefficient (Wildman–Crippen LogP) is 3.40. The highest BCUT2D eigenvalue weighted by atomic mass is 19.4. The molecule has 128 valence electrons. The van der Waals surface area contributed by atoms with E-state index in [4.69, 9.17) is 0 Å². The molecule has 0 bridgehead atoms. The van der Waals surface area contributed by atoms with Crippen LogP contribution in [0.2, 0.25) is 0 Å². The fourth-order valence-corrected chi connectivity index (χ4v) is 2.69. The smallest absolute Gasteiger partial charge is 0.337 e. The molecule has 1 aromatic carbocycles. The maximum absolute atomic E-state index is 12.5. The summed E-state index contributed by atoms with van der Waals surface area (Å²) in [6, 6.07) is 5.50. The maximum Gasteiger partial charge on any atom is 0.393 e. The summed E-state index contributed by atoms with van der Waals surface area (Å²) in [5, 5.41) is 5.20. The molecular formula is C16H22F3N3O. The number of anilines is 1. The minimum atomic E-state index is -4.30. The summed E-state index contributed by atoms with van der Waals surface area (Å²) in [5.74, 6) is 0. The zero-order chi connectivity index (χ0) is 16.7. The van der Waals surface area contributed by atoms with Crippen LogP contribution in [0.4, 0.5) is 23.7 Å². The lowest BCUT2D eigenvalue weighted by Crippen LogP contribution is -2.39. The molecule has 0 aromatic heterocycles. The van der Waals surface area contributed by atoms with E-state index in [0.29, 0.717) is 6.54 Å². The highest BCUT2D eigenvalue weighted by molar-refractivity contribution is 5.90. The lowest BCUT2D eigenvalue weighted by Gasteiger charge is -2.26. The maximum atomic E-state index is 12.5. The third-order valence-electron chi connectivity index (χ3n) is 3.82. The van der Waals surface area contributed by atoms with E-state index in [1.54, 1.807) is 6.07 Å². The first-order valence-corrected chi connectivity index (χ1v) is 7.86. The molecular weight excluding hydrogens is 307 g/mol. The number of carbonyl (C=O) groups is 1. The minimum Gasteiger partial charge on any atom is -0.337 e. The van der Waals surface area contributed by atoms with Crippen molar-refractivity contribution >= 4 is 11.7 Å². The molecule has 2 amide bonds. The first kappa shape index (κ1) is 17.6. The number of hydrogen-bond acceptors (Lipinski definition) is 2. The van der Waals surface area contributed by atoms with E-state index in [1.807, 2.05) is 0 Å². The Kier molecular flexibility index (Phi) is 6.27. The molecule has 2 rings (SSSR count). The van der Waals surface area contributed by atoms with Gasteiger partial charge in [0.25, 0.3) is 0 Å². The number of piperidine rings is 1. The van der Waals surface area contributed by atoms with Gasteiger partial charge in [-0.2, -0.15) is 13.2 Å². The van der Waals surface area contributed by atoms with E-state index in [1.165, 1.54) is 37.5 Å². The first-order chi connectivity index (χ1) is 10.9. The summed E-state index contributed by atoms with van der Waals surface area (Å²) in [5.41, 5.74) is 0.256. The molecule has 2 N–H and O–H groups in total. The number of para-hydroxylation sites is 1. The number of alkyl halides is 3. The van der Waals surface area contributed by atoms with E-state index in [9.17, 15) is 18.0 Å². The Bertz CT molecular complexity index is 514. The number of nitrogens with one attached hydrogen (secondary N) is 2. The number of carbonyl (C=O) groups excluding carboxylic acids is 1. The molecule has 1 fully saturated rings. The van der Waals surface area contributed by atoms with Crippen LogP contribution in [-0.4, -0.2) is 43.3 Å². The Balaban J connectivity index is 1.80. The average Bonchev–Trinajstić information content (AvgIpc) is 2.49. The Hall–Kier alpha value is -1.76. The van der Waals surface area contributed by atoms with Crippen LogP contribution in [0.15, 0.2) is 24.3 Å². The monoisotopic (exact) mass is 329 g/mol. The molecule has 0 unspecified atom stereocenters. The van der Waals surface area contributed by atoms with Crippen molar-refractivity contribution in [3.8, 4) is 0 Å². The Morgan fingerprint density at radius 2 is 1.83 bits per heavy atom. The van der Waals surface area contributed by atoms with E-state index in [2.05, 4.69) is 15.5 Å². The zero-order valence-electron chi connectivity index (χ0n) is 13.0. The second kappa shape index (κ2) is 8.19. The van der Waals surface area contributed by atoms with Gasteiger partial charge >= 0.3 is 12.2 Å². The summed E-state index contributed by atoms with van der Waals surface area (Å²) in [6.07, 6.45) is -1.76. The van der Waals surface area contributed by atoms with E-state index >= 15 is 0 Å².